The van der Waals surface area contributed by atoms with Crippen molar-refractivity contribution in [3.63, 3.8) is 0 Å². The normalized spacial score (nSPS) is 24.6. The quantitative estimate of drug-likeness (QED) is 0.809. The smallest absolute Gasteiger partial charge is 0.130 e. The molecule has 2 N–H and O–H groups in total. The van der Waals surface area contributed by atoms with Crippen molar-refractivity contribution >= 4 is 5.82 Å². The third kappa shape index (κ3) is 2.70. The molecule has 0 radical (unpaired) electrons. The average molecular weight is 220 g/mol. The summed E-state index contributed by atoms with van der Waals surface area (Å²) in [6.45, 7) is 6.47. The summed E-state index contributed by atoms with van der Waals surface area (Å²) >= 11 is 0. The minimum absolute atomic E-state index is 0.137. The minimum Gasteiger partial charge on any atom is -0.363 e. The molecule has 1 aliphatic heterocycles. The number of aromatic nitrogens is 2. The number of nitrogens with one attached hydrogen (secondary N) is 2. The highest BCUT2D eigenvalue weighted by Gasteiger charge is 2.28. The Kier molecular flexibility index (Phi) is 3.39. The number of hydrogen-bond acceptors (Lipinski definition) is 4. The zero-order chi connectivity index (χ0) is 11.4. The van der Waals surface area contributed by atoms with Gasteiger partial charge in [0.1, 0.15) is 12.1 Å². The molecule has 2 rings (SSSR count). The molecule has 0 amide bonds. The molecule has 0 saturated carbocycles. The van der Waals surface area contributed by atoms with Crippen molar-refractivity contribution in [2.75, 3.05) is 18.4 Å². The Morgan fingerprint density at radius 2 is 2.38 bits per heavy atom. The van der Waals surface area contributed by atoms with Crippen LogP contribution in [0.1, 0.15) is 32.4 Å². The van der Waals surface area contributed by atoms with Gasteiger partial charge in [-0.15, -0.1) is 0 Å². The fraction of sp³-hybridized carbons (Fsp3) is 0.667. The molecule has 0 bridgehead atoms. The maximum Gasteiger partial charge on any atom is 0.130 e. The largest absolute Gasteiger partial charge is 0.363 e. The molecule has 2 heterocycles. The summed E-state index contributed by atoms with van der Waals surface area (Å²) in [5.74, 6) is 0.949. The van der Waals surface area contributed by atoms with Gasteiger partial charge in [-0.2, -0.15) is 0 Å². The van der Waals surface area contributed by atoms with E-state index in [4.69, 9.17) is 0 Å². The molecule has 1 atom stereocenters. The third-order valence-corrected chi connectivity index (χ3v) is 3.03. The van der Waals surface area contributed by atoms with Crippen LogP contribution < -0.4 is 10.6 Å². The molecule has 0 aliphatic carbocycles. The van der Waals surface area contributed by atoms with Crippen LogP contribution in [0.5, 0.6) is 0 Å². The van der Waals surface area contributed by atoms with E-state index in [2.05, 4.69) is 40.5 Å². The third-order valence-electron chi connectivity index (χ3n) is 3.03. The molecule has 0 aromatic carbocycles. The monoisotopic (exact) mass is 220 g/mol. The highest BCUT2D eigenvalue weighted by molar-refractivity contribution is 5.38. The van der Waals surface area contributed by atoms with E-state index in [0.29, 0.717) is 0 Å². The van der Waals surface area contributed by atoms with Crippen LogP contribution in [0.4, 0.5) is 5.82 Å². The van der Waals surface area contributed by atoms with Gasteiger partial charge in [-0.1, -0.05) is 13.3 Å². The zero-order valence-corrected chi connectivity index (χ0v) is 10.1. The standard InChI is InChI=1S/C12H20N4/c1-3-4-10-7-11(15-9-14-10)16-12(2)5-6-13-8-12/h7,9,13H,3-6,8H2,1-2H3,(H,14,15,16). The van der Waals surface area contributed by atoms with Gasteiger partial charge in [0, 0.05) is 23.8 Å². The first-order valence-corrected chi connectivity index (χ1v) is 6.02. The van der Waals surface area contributed by atoms with Crippen LogP contribution in [0.3, 0.4) is 0 Å². The van der Waals surface area contributed by atoms with E-state index in [1.807, 2.05) is 0 Å². The molecule has 1 unspecified atom stereocenters. The van der Waals surface area contributed by atoms with Gasteiger partial charge >= 0.3 is 0 Å². The van der Waals surface area contributed by atoms with Crippen LogP contribution in [-0.2, 0) is 6.42 Å². The highest BCUT2D eigenvalue weighted by atomic mass is 15.1. The summed E-state index contributed by atoms with van der Waals surface area (Å²) in [4.78, 5) is 8.54. The predicted molar refractivity (Wildman–Crippen MR) is 65.5 cm³/mol. The number of hydrogen-bond donors (Lipinski definition) is 2. The van der Waals surface area contributed by atoms with E-state index < -0.39 is 0 Å². The molecule has 1 fully saturated rings. The second-order valence-electron chi connectivity index (χ2n) is 4.76. The summed E-state index contributed by atoms with van der Waals surface area (Å²) in [5, 5.41) is 6.87. The molecule has 1 aromatic heterocycles. The van der Waals surface area contributed by atoms with E-state index in [-0.39, 0.29) is 5.54 Å². The molecule has 1 aromatic rings. The van der Waals surface area contributed by atoms with E-state index >= 15 is 0 Å². The fourth-order valence-electron chi connectivity index (χ4n) is 2.09. The molecule has 4 nitrogen and oxygen atoms in total. The van der Waals surface area contributed by atoms with E-state index in [1.54, 1.807) is 6.33 Å². The Morgan fingerprint density at radius 3 is 3.06 bits per heavy atom. The van der Waals surface area contributed by atoms with Gasteiger partial charge in [0.05, 0.1) is 0 Å². The van der Waals surface area contributed by atoms with E-state index in [9.17, 15) is 0 Å². The van der Waals surface area contributed by atoms with Crippen molar-refractivity contribution in [1.82, 2.24) is 15.3 Å². The van der Waals surface area contributed by atoms with Gasteiger partial charge in [-0.25, -0.2) is 9.97 Å². The van der Waals surface area contributed by atoms with Gasteiger partial charge in [-0.3, -0.25) is 0 Å². The molecule has 1 aliphatic rings. The SMILES string of the molecule is CCCc1cc(NC2(C)CCNC2)ncn1. The Hall–Kier alpha value is -1.16. The number of nitrogens with zero attached hydrogens (tertiary/aromatic N) is 2. The summed E-state index contributed by atoms with van der Waals surface area (Å²) in [5.41, 5.74) is 1.26. The zero-order valence-electron chi connectivity index (χ0n) is 10.1. The van der Waals surface area contributed by atoms with E-state index in [0.717, 1.165) is 43.9 Å². The van der Waals surface area contributed by atoms with Crippen LogP contribution in [0, 0.1) is 0 Å². The molecule has 1 saturated heterocycles. The Labute approximate surface area is 96.9 Å². The summed E-state index contributed by atoms with van der Waals surface area (Å²) in [6, 6.07) is 2.06. The second-order valence-corrected chi connectivity index (χ2v) is 4.76. The number of rotatable bonds is 4. The van der Waals surface area contributed by atoms with Crippen LogP contribution in [-0.4, -0.2) is 28.6 Å². The van der Waals surface area contributed by atoms with Gasteiger partial charge in [0.15, 0.2) is 0 Å². The topological polar surface area (TPSA) is 49.8 Å². The molecular weight excluding hydrogens is 200 g/mol. The Balaban J connectivity index is 2.05. The first kappa shape index (κ1) is 11.3. The van der Waals surface area contributed by atoms with Crippen molar-refractivity contribution < 1.29 is 0 Å². The van der Waals surface area contributed by atoms with Gasteiger partial charge in [0.25, 0.3) is 0 Å². The Morgan fingerprint density at radius 1 is 1.50 bits per heavy atom. The van der Waals surface area contributed by atoms with E-state index in [1.165, 1.54) is 0 Å². The van der Waals surface area contributed by atoms with Gasteiger partial charge < -0.3 is 10.6 Å². The van der Waals surface area contributed by atoms with Gasteiger partial charge in [0.2, 0.25) is 0 Å². The van der Waals surface area contributed by atoms with Crippen LogP contribution in [0.2, 0.25) is 0 Å². The summed E-state index contributed by atoms with van der Waals surface area (Å²) in [7, 11) is 0. The lowest BCUT2D eigenvalue weighted by atomic mass is 10.0. The van der Waals surface area contributed by atoms with Crippen LogP contribution in [0.25, 0.3) is 0 Å². The highest BCUT2D eigenvalue weighted by Crippen LogP contribution is 2.19. The summed E-state index contributed by atoms with van der Waals surface area (Å²) in [6.07, 6.45) is 4.93. The second kappa shape index (κ2) is 4.78. The fourth-order valence-corrected chi connectivity index (χ4v) is 2.09. The lowest BCUT2D eigenvalue weighted by molar-refractivity contribution is 0.564. The maximum absolute atomic E-state index is 4.28. The molecule has 4 heteroatoms. The lowest BCUT2D eigenvalue weighted by Crippen LogP contribution is -2.37. The van der Waals surface area contributed by atoms with Crippen molar-refractivity contribution in [1.29, 1.82) is 0 Å². The summed E-state index contributed by atoms with van der Waals surface area (Å²) < 4.78 is 0. The molecule has 0 spiro atoms. The minimum atomic E-state index is 0.137. The molecule has 88 valence electrons. The van der Waals surface area contributed by atoms with Gasteiger partial charge in [-0.05, 0) is 26.3 Å². The van der Waals surface area contributed by atoms with Crippen molar-refractivity contribution in [2.45, 2.75) is 38.6 Å². The first-order valence-electron chi connectivity index (χ1n) is 6.02. The Bertz CT molecular complexity index is 345. The molecule has 16 heavy (non-hydrogen) atoms. The first-order chi connectivity index (χ1) is 7.72. The number of anilines is 1. The number of aryl methyl sites for hydroxylation is 1. The molecular formula is C12H20N4. The van der Waals surface area contributed by atoms with Crippen molar-refractivity contribution in [3.8, 4) is 0 Å². The lowest BCUT2D eigenvalue weighted by Gasteiger charge is -2.25. The van der Waals surface area contributed by atoms with Crippen LogP contribution >= 0.6 is 0 Å². The van der Waals surface area contributed by atoms with Crippen molar-refractivity contribution in [2.24, 2.45) is 0 Å². The maximum atomic E-state index is 4.28. The van der Waals surface area contributed by atoms with Crippen molar-refractivity contribution in [3.05, 3.63) is 18.1 Å². The van der Waals surface area contributed by atoms with Crippen LogP contribution in [0.15, 0.2) is 12.4 Å². The average Bonchev–Trinajstić information content (AvgIpc) is 2.66. The predicted octanol–water partition coefficient (Wildman–Crippen LogP) is 1.59.